The van der Waals surface area contributed by atoms with Crippen molar-refractivity contribution >= 4 is 11.9 Å². The minimum atomic E-state index is -0.893. The first-order valence-electron chi connectivity index (χ1n) is 11.7. The Morgan fingerprint density at radius 2 is 2.06 bits per heavy atom. The number of pyridine rings is 1. The van der Waals surface area contributed by atoms with Crippen LogP contribution in [0, 0.1) is 16.7 Å². The number of carbonyl (C=O) groups is 1. The summed E-state index contributed by atoms with van der Waals surface area (Å²) in [6, 6.07) is 10.0. The molecule has 1 aromatic carbocycles. The number of hydrogen-bond acceptors (Lipinski definition) is 7. The summed E-state index contributed by atoms with van der Waals surface area (Å²) in [4.78, 5) is 22.1. The summed E-state index contributed by atoms with van der Waals surface area (Å²) in [6.07, 6.45) is 1.33. The number of benzene rings is 1. The average molecular weight is 475 g/mol. The molecule has 0 spiro atoms. The molecular weight excluding hydrogens is 444 g/mol. The van der Waals surface area contributed by atoms with Gasteiger partial charge in [-0.1, -0.05) is 38.1 Å². The zero-order valence-electron chi connectivity index (χ0n) is 20.7. The van der Waals surface area contributed by atoms with Crippen molar-refractivity contribution < 1.29 is 14.4 Å². The molecule has 2 N–H and O–H groups in total. The molecule has 0 radical (unpaired) electrons. The van der Waals surface area contributed by atoms with E-state index in [1.165, 1.54) is 4.90 Å². The molecule has 3 heterocycles. The van der Waals surface area contributed by atoms with E-state index in [-0.39, 0.29) is 23.3 Å². The van der Waals surface area contributed by atoms with E-state index in [1.807, 2.05) is 26.0 Å². The van der Waals surface area contributed by atoms with Crippen LogP contribution in [0.1, 0.15) is 57.2 Å². The monoisotopic (exact) mass is 474 g/mol. The average Bonchev–Trinajstić information content (AvgIpc) is 3.19. The summed E-state index contributed by atoms with van der Waals surface area (Å²) in [5, 5.41) is 26.5. The third-order valence-electron chi connectivity index (χ3n) is 6.25. The smallest absolute Gasteiger partial charge is 0.407 e. The predicted octanol–water partition coefficient (Wildman–Crippen LogP) is 5.16. The van der Waals surface area contributed by atoms with E-state index in [9.17, 15) is 15.2 Å². The number of nitrogens with zero attached hydrogens (tertiary/aromatic N) is 5. The number of nitrogens with one attached hydrogen (secondary N) is 1. The fourth-order valence-corrected chi connectivity index (χ4v) is 4.39. The molecule has 2 aromatic heterocycles. The molecule has 3 aromatic rings. The minimum absolute atomic E-state index is 0.0689. The first-order valence-corrected chi connectivity index (χ1v) is 11.7. The molecule has 0 saturated carbocycles. The van der Waals surface area contributed by atoms with Crippen molar-refractivity contribution in [1.82, 2.24) is 20.0 Å². The fraction of sp³-hybridized carbons (Fsp3) is 0.423. The summed E-state index contributed by atoms with van der Waals surface area (Å²) < 4.78 is 5.50. The molecule has 0 bridgehead atoms. The Morgan fingerprint density at radius 1 is 1.29 bits per heavy atom. The Balaban J connectivity index is 1.66. The van der Waals surface area contributed by atoms with Gasteiger partial charge in [-0.05, 0) is 48.9 Å². The summed E-state index contributed by atoms with van der Waals surface area (Å²) in [5.41, 5.74) is 3.91. The van der Waals surface area contributed by atoms with E-state index < -0.39 is 6.09 Å². The second-order valence-electron chi connectivity index (χ2n) is 10.3. The van der Waals surface area contributed by atoms with Gasteiger partial charge in [-0.15, -0.1) is 0 Å². The molecule has 1 aliphatic rings. The highest BCUT2D eigenvalue weighted by Crippen LogP contribution is 2.40. The van der Waals surface area contributed by atoms with Crippen LogP contribution in [0.25, 0.3) is 22.8 Å². The highest BCUT2D eigenvalue weighted by atomic mass is 16.5. The van der Waals surface area contributed by atoms with E-state index in [4.69, 9.17) is 4.52 Å². The van der Waals surface area contributed by atoms with Crippen molar-refractivity contribution in [3.8, 4) is 28.9 Å². The first-order chi connectivity index (χ1) is 16.6. The third kappa shape index (κ3) is 5.11. The number of fused-ring (bicyclic) bond motifs is 1. The number of aromatic nitrogens is 3. The van der Waals surface area contributed by atoms with Crippen LogP contribution in [0.2, 0.25) is 0 Å². The van der Waals surface area contributed by atoms with Crippen molar-refractivity contribution in [3.63, 3.8) is 0 Å². The van der Waals surface area contributed by atoms with Crippen LogP contribution in [0.4, 0.5) is 10.6 Å². The maximum atomic E-state index is 11.7. The van der Waals surface area contributed by atoms with Gasteiger partial charge < -0.3 is 19.8 Å². The summed E-state index contributed by atoms with van der Waals surface area (Å²) in [6.45, 7) is 11.3. The molecule has 0 aliphatic carbocycles. The molecule has 9 nitrogen and oxygen atoms in total. The zero-order chi connectivity index (χ0) is 25.3. The van der Waals surface area contributed by atoms with Crippen molar-refractivity contribution in [2.24, 2.45) is 5.41 Å². The predicted molar refractivity (Wildman–Crippen MR) is 132 cm³/mol. The van der Waals surface area contributed by atoms with Crippen molar-refractivity contribution in [1.29, 1.82) is 5.26 Å². The zero-order valence-corrected chi connectivity index (χ0v) is 20.7. The number of anilines is 1. The van der Waals surface area contributed by atoms with Crippen molar-refractivity contribution in [3.05, 3.63) is 47.2 Å². The first kappa shape index (κ1) is 24.2. The maximum Gasteiger partial charge on any atom is 0.407 e. The molecule has 1 aliphatic heterocycles. The minimum Gasteiger partial charge on any atom is -0.465 e. The van der Waals surface area contributed by atoms with Gasteiger partial charge in [0.25, 0.3) is 5.89 Å². The van der Waals surface area contributed by atoms with Gasteiger partial charge >= 0.3 is 6.09 Å². The van der Waals surface area contributed by atoms with Gasteiger partial charge in [0, 0.05) is 36.8 Å². The topological polar surface area (TPSA) is 128 Å². The van der Waals surface area contributed by atoms with Gasteiger partial charge in [0.1, 0.15) is 11.9 Å². The molecule has 35 heavy (non-hydrogen) atoms. The van der Waals surface area contributed by atoms with Crippen LogP contribution in [0.15, 0.2) is 35.0 Å². The summed E-state index contributed by atoms with van der Waals surface area (Å²) in [5.74, 6) is 1.29. The molecule has 182 valence electrons. The van der Waals surface area contributed by atoms with Crippen LogP contribution in [0.3, 0.4) is 0 Å². The molecule has 1 unspecified atom stereocenters. The molecule has 0 saturated heterocycles. The molecule has 1 atom stereocenters. The van der Waals surface area contributed by atoms with E-state index >= 15 is 0 Å². The van der Waals surface area contributed by atoms with Gasteiger partial charge in [-0.25, -0.2) is 9.78 Å². The van der Waals surface area contributed by atoms with Crippen LogP contribution < -0.4 is 5.32 Å². The molecule has 4 rings (SSSR count). The van der Waals surface area contributed by atoms with Crippen LogP contribution in [-0.4, -0.2) is 50.4 Å². The standard InChI is InChI=1S/C26H30N6O3/c1-15(2)29-22-18(12-27)11-19(13-28-22)24-30-23(31-35-24)17-6-7-20-16(10-17)8-9-32(25(33)34)14-21(20)26(3,4)5/h6-7,10-11,13,15,21H,8-9,14H2,1-5H3,(H,28,29)(H,33,34). The van der Waals surface area contributed by atoms with E-state index in [0.29, 0.717) is 42.3 Å². The van der Waals surface area contributed by atoms with Crippen LogP contribution >= 0.6 is 0 Å². The number of rotatable bonds is 4. The SMILES string of the molecule is CC(C)Nc1ncc(-c2nc(-c3ccc4c(c3)CCN(C(=O)O)CC4C(C)(C)C)no2)cc1C#N. The highest BCUT2D eigenvalue weighted by Gasteiger charge is 2.33. The lowest BCUT2D eigenvalue weighted by atomic mass is 9.75. The molecule has 1 amide bonds. The lowest BCUT2D eigenvalue weighted by Gasteiger charge is -2.33. The second kappa shape index (κ2) is 9.37. The number of hydrogen-bond donors (Lipinski definition) is 2. The van der Waals surface area contributed by atoms with Crippen LogP contribution in [-0.2, 0) is 6.42 Å². The number of carboxylic acid groups (broad SMARTS) is 1. The highest BCUT2D eigenvalue weighted by molar-refractivity contribution is 5.67. The fourth-order valence-electron chi connectivity index (χ4n) is 4.39. The largest absolute Gasteiger partial charge is 0.465 e. The van der Waals surface area contributed by atoms with Gasteiger partial charge in [-0.2, -0.15) is 10.2 Å². The third-order valence-corrected chi connectivity index (χ3v) is 6.25. The molecule has 0 fully saturated rings. The van der Waals surface area contributed by atoms with Crippen LogP contribution in [0.5, 0.6) is 0 Å². The Hall–Kier alpha value is -3.93. The summed E-state index contributed by atoms with van der Waals surface area (Å²) in [7, 11) is 0. The lowest BCUT2D eigenvalue weighted by molar-refractivity contribution is 0.135. The Kier molecular flexibility index (Phi) is 6.48. The second-order valence-corrected chi connectivity index (χ2v) is 10.3. The Labute approximate surface area is 204 Å². The Morgan fingerprint density at radius 3 is 2.71 bits per heavy atom. The van der Waals surface area contributed by atoms with Gasteiger partial charge in [0.05, 0.1) is 11.1 Å². The van der Waals surface area contributed by atoms with E-state index in [2.05, 4.69) is 53.3 Å². The summed E-state index contributed by atoms with van der Waals surface area (Å²) >= 11 is 0. The van der Waals surface area contributed by atoms with E-state index in [1.54, 1.807) is 12.3 Å². The van der Waals surface area contributed by atoms with Crippen molar-refractivity contribution in [2.45, 2.75) is 53.0 Å². The van der Waals surface area contributed by atoms with Gasteiger partial charge in [-0.3, -0.25) is 0 Å². The maximum absolute atomic E-state index is 11.7. The normalized spacial score (nSPS) is 15.9. The quantitative estimate of drug-likeness (QED) is 0.531. The molecule has 9 heteroatoms. The van der Waals surface area contributed by atoms with Gasteiger partial charge in [0.2, 0.25) is 5.82 Å². The number of nitriles is 1. The van der Waals surface area contributed by atoms with Crippen molar-refractivity contribution in [2.75, 3.05) is 18.4 Å². The number of amides is 1. The lowest BCUT2D eigenvalue weighted by Crippen LogP contribution is -2.36. The van der Waals surface area contributed by atoms with Gasteiger partial charge in [0.15, 0.2) is 0 Å². The Bertz CT molecular complexity index is 1280. The molecular formula is C26H30N6O3. The van der Waals surface area contributed by atoms with E-state index in [0.717, 1.165) is 16.7 Å².